The SMILES string of the molecule is C=C(C)COCCNC(=O)Cc1ccn[nH]1. The van der Waals surface area contributed by atoms with E-state index in [1.807, 2.05) is 6.92 Å². The van der Waals surface area contributed by atoms with E-state index in [-0.39, 0.29) is 5.91 Å². The highest BCUT2D eigenvalue weighted by molar-refractivity contribution is 5.77. The van der Waals surface area contributed by atoms with Crippen LogP contribution in [-0.4, -0.2) is 35.9 Å². The number of rotatable bonds is 7. The van der Waals surface area contributed by atoms with Crippen LogP contribution in [0.2, 0.25) is 0 Å². The van der Waals surface area contributed by atoms with Gasteiger partial charge in [0, 0.05) is 18.4 Å². The molecule has 1 amide bonds. The average Bonchev–Trinajstić information content (AvgIpc) is 2.69. The lowest BCUT2D eigenvalue weighted by atomic mass is 10.3. The van der Waals surface area contributed by atoms with Crippen molar-refractivity contribution in [2.45, 2.75) is 13.3 Å². The first-order valence-corrected chi connectivity index (χ1v) is 5.15. The number of carbonyl (C=O) groups is 1. The summed E-state index contributed by atoms with van der Waals surface area (Å²) >= 11 is 0. The molecule has 0 aromatic carbocycles. The number of aromatic amines is 1. The quantitative estimate of drug-likeness (QED) is 0.527. The van der Waals surface area contributed by atoms with Gasteiger partial charge in [-0.1, -0.05) is 12.2 Å². The third-order valence-corrected chi connectivity index (χ3v) is 1.83. The van der Waals surface area contributed by atoms with Crippen molar-refractivity contribution in [1.82, 2.24) is 15.5 Å². The standard InChI is InChI=1S/C11H17N3O2/c1-9(2)8-16-6-5-12-11(15)7-10-3-4-13-14-10/h3-4H,1,5-8H2,2H3,(H,12,15)(H,13,14). The fraction of sp³-hybridized carbons (Fsp3) is 0.455. The molecular formula is C11H17N3O2. The highest BCUT2D eigenvalue weighted by Gasteiger charge is 2.02. The molecule has 1 heterocycles. The van der Waals surface area contributed by atoms with Gasteiger partial charge >= 0.3 is 0 Å². The molecule has 1 aromatic rings. The van der Waals surface area contributed by atoms with E-state index in [0.29, 0.717) is 26.2 Å². The Morgan fingerprint density at radius 2 is 2.50 bits per heavy atom. The van der Waals surface area contributed by atoms with Crippen molar-refractivity contribution in [2.75, 3.05) is 19.8 Å². The molecular weight excluding hydrogens is 206 g/mol. The minimum atomic E-state index is -0.0387. The monoisotopic (exact) mass is 223 g/mol. The summed E-state index contributed by atoms with van der Waals surface area (Å²) in [5.41, 5.74) is 1.78. The first-order valence-electron chi connectivity index (χ1n) is 5.15. The van der Waals surface area contributed by atoms with Crippen LogP contribution in [-0.2, 0) is 16.0 Å². The van der Waals surface area contributed by atoms with Gasteiger partial charge in [0.2, 0.25) is 5.91 Å². The van der Waals surface area contributed by atoms with Crippen molar-refractivity contribution in [3.8, 4) is 0 Å². The van der Waals surface area contributed by atoms with Gasteiger partial charge in [0.05, 0.1) is 19.6 Å². The summed E-state index contributed by atoms with van der Waals surface area (Å²) in [4.78, 5) is 11.4. The van der Waals surface area contributed by atoms with E-state index in [2.05, 4.69) is 22.1 Å². The lowest BCUT2D eigenvalue weighted by Crippen LogP contribution is -2.28. The van der Waals surface area contributed by atoms with Gasteiger partial charge in [0.1, 0.15) is 0 Å². The molecule has 2 N–H and O–H groups in total. The van der Waals surface area contributed by atoms with E-state index < -0.39 is 0 Å². The van der Waals surface area contributed by atoms with Gasteiger partial charge in [-0.25, -0.2) is 0 Å². The minimum Gasteiger partial charge on any atom is -0.375 e. The van der Waals surface area contributed by atoms with Gasteiger partial charge in [-0.05, 0) is 13.0 Å². The molecule has 0 atom stereocenters. The van der Waals surface area contributed by atoms with Gasteiger partial charge in [0.25, 0.3) is 0 Å². The third kappa shape index (κ3) is 5.31. The molecule has 0 radical (unpaired) electrons. The second kappa shape index (κ2) is 6.79. The fourth-order valence-corrected chi connectivity index (χ4v) is 1.13. The summed E-state index contributed by atoms with van der Waals surface area (Å²) in [5.74, 6) is -0.0387. The predicted octanol–water partition coefficient (Wildman–Crippen LogP) is 0.661. The molecule has 0 unspecified atom stereocenters. The molecule has 0 aliphatic heterocycles. The average molecular weight is 223 g/mol. The Kier molecular flexibility index (Phi) is 5.28. The van der Waals surface area contributed by atoms with Gasteiger partial charge in [0.15, 0.2) is 0 Å². The molecule has 88 valence electrons. The number of hydrogen-bond donors (Lipinski definition) is 2. The van der Waals surface area contributed by atoms with E-state index in [1.54, 1.807) is 12.3 Å². The second-order valence-corrected chi connectivity index (χ2v) is 3.62. The minimum absolute atomic E-state index is 0.0387. The van der Waals surface area contributed by atoms with Crippen molar-refractivity contribution >= 4 is 5.91 Å². The smallest absolute Gasteiger partial charge is 0.226 e. The number of H-pyrrole nitrogens is 1. The number of hydrogen-bond acceptors (Lipinski definition) is 3. The zero-order valence-electron chi connectivity index (χ0n) is 9.45. The number of nitrogens with zero attached hydrogens (tertiary/aromatic N) is 1. The lowest BCUT2D eigenvalue weighted by Gasteiger charge is -2.05. The molecule has 0 aliphatic carbocycles. The topological polar surface area (TPSA) is 67.0 Å². The Labute approximate surface area is 94.9 Å². The van der Waals surface area contributed by atoms with Crippen molar-refractivity contribution in [1.29, 1.82) is 0 Å². The Morgan fingerprint density at radius 3 is 3.12 bits per heavy atom. The Balaban J connectivity index is 2.05. The molecule has 0 spiro atoms. The predicted molar refractivity (Wildman–Crippen MR) is 60.9 cm³/mol. The van der Waals surface area contributed by atoms with Crippen LogP contribution in [0.25, 0.3) is 0 Å². The third-order valence-electron chi connectivity index (χ3n) is 1.83. The van der Waals surface area contributed by atoms with E-state index >= 15 is 0 Å². The van der Waals surface area contributed by atoms with E-state index in [9.17, 15) is 4.79 Å². The zero-order valence-corrected chi connectivity index (χ0v) is 9.45. The summed E-state index contributed by atoms with van der Waals surface area (Å²) in [5, 5.41) is 9.25. The summed E-state index contributed by atoms with van der Waals surface area (Å²) in [6.45, 7) is 7.17. The summed E-state index contributed by atoms with van der Waals surface area (Å²) in [6.07, 6.45) is 1.94. The van der Waals surface area contributed by atoms with Gasteiger partial charge in [-0.15, -0.1) is 0 Å². The fourth-order valence-electron chi connectivity index (χ4n) is 1.13. The van der Waals surface area contributed by atoms with Crippen LogP contribution in [0.1, 0.15) is 12.6 Å². The first kappa shape index (κ1) is 12.4. The van der Waals surface area contributed by atoms with E-state index in [0.717, 1.165) is 11.3 Å². The van der Waals surface area contributed by atoms with Crippen LogP contribution >= 0.6 is 0 Å². The van der Waals surface area contributed by atoms with Crippen LogP contribution in [0.4, 0.5) is 0 Å². The van der Waals surface area contributed by atoms with Crippen LogP contribution in [0.3, 0.4) is 0 Å². The molecule has 1 aromatic heterocycles. The number of amides is 1. The number of ether oxygens (including phenoxy) is 1. The largest absolute Gasteiger partial charge is 0.375 e. The number of carbonyl (C=O) groups excluding carboxylic acids is 1. The first-order chi connectivity index (χ1) is 7.68. The van der Waals surface area contributed by atoms with Crippen molar-refractivity contribution in [3.63, 3.8) is 0 Å². The van der Waals surface area contributed by atoms with Crippen LogP contribution in [0.15, 0.2) is 24.4 Å². The molecule has 0 saturated carbocycles. The van der Waals surface area contributed by atoms with Gasteiger partial charge in [-0.2, -0.15) is 5.10 Å². The van der Waals surface area contributed by atoms with Gasteiger partial charge in [-0.3, -0.25) is 9.89 Å². The maximum atomic E-state index is 11.4. The second-order valence-electron chi connectivity index (χ2n) is 3.62. The molecule has 0 aliphatic rings. The van der Waals surface area contributed by atoms with Crippen LogP contribution in [0.5, 0.6) is 0 Å². The van der Waals surface area contributed by atoms with Crippen LogP contribution < -0.4 is 5.32 Å². The molecule has 0 bridgehead atoms. The normalized spacial score (nSPS) is 10.1. The highest BCUT2D eigenvalue weighted by atomic mass is 16.5. The summed E-state index contributed by atoms with van der Waals surface area (Å²) in [6, 6.07) is 1.77. The van der Waals surface area contributed by atoms with Crippen molar-refractivity contribution < 1.29 is 9.53 Å². The molecule has 0 fully saturated rings. The molecule has 5 nitrogen and oxygen atoms in total. The van der Waals surface area contributed by atoms with Crippen molar-refractivity contribution in [3.05, 3.63) is 30.1 Å². The molecule has 1 rings (SSSR count). The number of nitrogens with one attached hydrogen (secondary N) is 2. The van der Waals surface area contributed by atoms with Gasteiger partial charge < -0.3 is 10.1 Å². The van der Waals surface area contributed by atoms with E-state index in [1.165, 1.54) is 0 Å². The summed E-state index contributed by atoms with van der Waals surface area (Å²) < 4.78 is 5.25. The van der Waals surface area contributed by atoms with Crippen molar-refractivity contribution in [2.24, 2.45) is 0 Å². The lowest BCUT2D eigenvalue weighted by molar-refractivity contribution is -0.120. The Morgan fingerprint density at radius 1 is 1.69 bits per heavy atom. The molecule has 0 saturated heterocycles. The highest BCUT2D eigenvalue weighted by Crippen LogP contribution is 1.92. The zero-order chi connectivity index (χ0) is 11.8. The molecule has 5 heteroatoms. The maximum absolute atomic E-state index is 11.4. The Hall–Kier alpha value is -1.62. The van der Waals surface area contributed by atoms with Crippen LogP contribution in [0, 0.1) is 0 Å². The summed E-state index contributed by atoms with van der Waals surface area (Å²) in [7, 11) is 0. The van der Waals surface area contributed by atoms with E-state index in [4.69, 9.17) is 4.74 Å². The number of aromatic nitrogens is 2. The Bertz CT molecular complexity index is 333. The molecule has 16 heavy (non-hydrogen) atoms. The maximum Gasteiger partial charge on any atom is 0.226 e.